The Hall–Kier alpha value is -2.41. The number of nitrogens with one attached hydrogen (secondary N) is 1. The highest BCUT2D eigenvalue weighted by atomic mass is 79.9. The summed E-state index contributed by atoms with van der Waals surface area (Å²) in [4.78, 5) is 26.0. The molecule has 0 spiro atoms. The number of H-pyrrole nitrogens is 1. The molecule has 0 aliphatic carbocycles. The molecule has 1 aromatic heterocycles. The standard InChI is InChI=1S/C14H8BrFN2O3/c15-9-5-4-7(6-10(9)16)18-12-8(13(19)20)2-1-3-11(12)17-14(18)21/h1-6H,(H,17,21)(H,19,20). The van der Waals surface area contributed by atoms with Gasteiger partial charge in [0.15, 0.2) is 0 Å². The molecule has 1 heterocycles. The summed E-state index contributed by atoms with van der Waals surface area (Å²) in [7, 11) is 0. The summed E-state index contributed by atoms with van der Waals surface area (Å²) in [5, 5.41) is 9.25. The van der Waals surface area contributed by atoms with Gasteiger partial charge in [-0.25, -0.2) is 14.0 Å². The lowest BCUT2D eigenvalue weighted by molar-refractivity contribution is 0.0698. The average Bonchev–Trinajstić information content (AvgIpc) is 2.77. The summed E-state index contributed by atoms with van der Waals surface area (Å²) >= 11 is 3.03. The van der Waals surface area contributed by atoms with Crippen LogP contribution in [-0.2, 0) is 0 Å². The molecule has 3 rings (SSSR count). The van der Waals surface area contributed by atoms with Gasteiger partial charge in [-0.3, -0.25) is 4.57 Å². The number of aromatic nitrogens is 2. The number of nitrogens with zero attached hydrogens (tertiary/aromatic N) is 1. The zero-order chi connectivity index (χ0) is 15.1. The second kappa shape index (κ2) is 4.85. The number of fused-ring (bicyclic) bond motifs is 1. The largest absolute Gasteiger partial charge is 0.478 e. The third kappa shape index (κ3) is 2.15. The summed E-state index contributed by atoms with van der Waals surface area (Å²) in [6, 6.07) is 8.67. The third-order valence-corrected chi connectivity index (χ3v) is 3.74. The first-order valence-corrected chi connectivity index (χ1v) is 6.71. The number of hydrogen-bond donors (Lipinski definition) is 2. The van der Waals surface area contributed by atoms with E-state index in [0.29, 0.717) is 5.52 Å². The van der Waals surface area contributed by atoms with E-state index in [2.05, 4.69) is 20.9 Å². The van der Waals surface area contributed by atoms with Gasteiger partial charge in [-0.2, -0.15) is 0 Å². The van der Waals surface area contributed by atoms with Crippen LogP contribution in [0.25, 0.3) is 16.7 Å². The molecule has 0 aliphatic heterocycles. The second-order valence-electron chi connectivity index (χ2n) is 4.37. The van der Waals surface area contributed by atoms with Crippen molar-refractivity contribution in [3.8, 4) is 5.69 Å². The molecule has 0 unspecified atom stereocenters. The first-order chi connectivity index (χ1) is 9.99. The van der Waals surface area contributed by atoms with Crippen molar-refractivity contribution in [2.45, 2.75) is 0 Å². The monoisotopic (exact) mass is 350 g/mol. The van der Waals surface area contributed by atoms with Crippen LogP contribution in [0.3, 0.4) is 0 Å². The van der Waals surface area contributed by atoms with E-state index in [1.807, 2.05) is 0 Å². The van der Waals surface area contributed by atoms with E-state index >= 15 is 0 Å². The Bertz CT molecular complexity index is 930. The van der Waals surface area contributed by atoms with E-state index < -0.39 is 17.5 Å². The molecule has 0 bridgehead atoms. The Balaban J connectivity index is 2.41. The zero-order valence-electron chi connectivity index (χ0n) is 10.4. The minimum atomic E-state index is -1.16. The highest BCUT2D eigenvalue weighted by molar-refractivity contribution is 9.10. The van der Waals surface area contributed by atoms with Crippen LogP contribution in [0.4, 0.5) is 4.39 Å². The van der Waals surface area contributed by atoms with Crippen molar-refractivity contribution in [2.24, 2.45) is 0 Å². The number of aromatic amines is 1. The molecule has 0 amide bonds. The van der Waals surface area contributed by atoms with Crippen molar-refractivity contribution in [1.29, 1.82) is 0 Å². The number of carboxylic acid groups (broad SMARTS) is 1. The van der Waals surface area contributed by atoms with Gasteiger partial charge >= 0.3 is 11.7 Å². The van der Waals surface area contributed by atoms with Gasteiger partial charge in [0, 0.05) is 0 Å². The van der Waals surface area contributed by atoms with Crippen molar-refractivity contribution in [2.75, 3.05) is 0 Å². The summed E-state index contributed by atoms with van der Waals surface area (Å²) in [6.45, 7) is 0. The normalized spacial score (nSPS) is 11.0. The van der Waals surface area contributed by atoms with Crippen molar-refractivity contribution >= 4 is 32.9 Å². The quantitative estimate of drug-likeness (QED) is 0.746. The average molecular weight is 351 g/mol. The van der Waals surface area contributed by atoms with Gasteiger partial charge in [0.2, 0.25) is 0 Å². The number of benzene rings is 2. The van der Waals surface area contributed by atoms with Crippen LogP contribution >= 0.6 is 15.9 Å². The van der Waals surface area contributed by atoms with Gasteiger partial charge in [0.1, 0.15) is 5.82 Å². The van der Waals surface area contributed by atoms with Crippen LogP contribution in [0.2, 0.25) is 0 Å². The Morgan fingerprint density at radius 2 is 2.05 bits per heavy atom. The number of aromatic carboxylic acids is 1. The molecule has 3 aromatic rings. The highest BCUT2D eigenvalue weighted by Crippen LogP contribution is 2.23. The van der Waals surface area contributed by atoms with Crippen LogP contribution in [0.1, 0.15) is 10.4 Å². The molecule has 7 heteroatoms. The number of carboxylic acids is 1. The number of halogens is 2. The van der Waals surface area contributed by atoms with Gasteiger partial charge in [-0.1, -0.05) is 6.07 Å². The van der Waals surface area contributed by atoms with E-state index in [4.69, 9.17) is 0 Å². The summed E-state index contributed by atoms with van der Waals surface area (Å²) in [5.41, 5.74) is 0.273. The van der Waals surface area contributed by atoms with E-state index in [-0.39, 0.29) is 21.2 Å². The maximum Gasteiger partial charge on any atom is 0.337 e. The molecular weight excluding hydrogens is 343 g/mol. The molecule has 0 atom stereocenters. The maximum absolute atomic E-state index is 13.7. The van der Waals surface area contributed by atoms with E-state index in [0.717, 1.165) is 10.6 Å². The smallest absolute Gasteiger partial charge is 0.337 e. The summed E-state index contributed by atoms with van der Waals surface area (Å²) in [6.07, 6.45) is 0. The van der Waals surface area contributed by atoms with E-state index in [9.17, 15) is 19.1 Å². The Kier molecular flexibility index (Phi) is 3.13. The van der Waals surface area contributed by atoms with Crippen LogP contribution in [0, 0.1) is 5.82 Å². The van der Waals surface area contributed by atoms with Crippen LogP contribution in [-0.4, -0.2) is 20.6 Å². The lowest BCUT2D eigenvalue weighted by Crippen LogP contribution is -2.16. The van der Waals surface area contributed by atoms with E-state index in [1.54, 1.807) is 6.07 Å². The van der Waals surface area contributed by atoms with Crippen molar-refractivity contribution in [3.63, 3.8) is 0 Å². The molecule has 0 aliphatic rings. The summed E-state index contributed by atoms with van der Waals surface area (Å²) < 4.78 is 15.1. The third-order valence-electron chi connectivity index (χ3n) is 3.10. The second-order valence-corrected chi connectivity index (χ2v) is 5.23. The fourth-order valence-electron chi connectivity index (χ4n) is 2.20. The van der Waals surface area contributed by atoms with E-state index in [1.165, 1.54) is 24.3 Å². The number of para-hydroxylation sites is 1. The van der Waals surface area contributed by atoms with Gasteiger partial charge in [-0.05, 0) is 46.3 Å². The Morgan fingerprint density at radius 3 is 2.71 bits per heavy atom. The van der Waals surface area contributed by atoms with Gasteiger partial charge in [-0.15, -0.1) is 0 Å². The fourth-order valence-corrected chi connectivity index (χ4v) is 2.45. The van der Waals surface area contributed by atoms with Crippen molar-refractivity contribution in [3.05, 3.63) is 62.7 Å². The molecule has 0 saturated heterocycles. The van der Waals surface area contributed by atoms with Crippen molar-refractivity contribution in [1.82, 2.24) is 9.55 Å². The molecule has 0 radical (unpaired) electrons. The molecule has 0 fully saturated rings. The molecule has 2 N–H and O–H groups in total. The Labute approximate surface area is 125 Å². The number of rotatable bonds is 2. The first-order valence-electron chi connectivity index (χ1n) is 5.91. The SMILES string of the molecule is O=C(O)c1cccc2[nH]c(=O)n(-c3ccc(Br)c(F)c3)c12. The van der Waals surface area contributed by atoms with Gasteiger partial charge < -0.3 is 10.1 Å². The number of hydrogen-bond acceptors (Lipinski definition) is 2. The molecule has 2 aromatic carbocycles. The fraction of sp³-hybridized carbons (Fsp3) is 0. The lowest BCUT2D eigenvalue weighted by Gasteiger charge is -2.06. The molecule has 106 valence electrons. The minimum Gasteiger partial charge on any atom is -0.478 e. The molecule has 5 nitrogen and oxygen atoms in total. The zero-order valence-corrected chi connectivity index (χ0v) is 12.0. The molecule has 0 saturated carbocycles. The van der Waals surface area contributed by atoms with Crippen molar-refractivity contribution < 1.29 is 14.3 Å². The van der Waals surface area contributed by atoms with Gasteiger partial charge in [0.05, 0.1) is 26.8 Å². The topological polar surface area (TPSA) is 75.1 Å². The predicted molar refractivity (Wildman–Crippen MR) is 78.5 cm³/mol. The van der Waals surface area contributed by atoms with Crippen LogP contribution in [0.5, 0.6) is 0 Å². The van der Waals surface area contributed by atoms with Crippen LogP contribution in [0.15, 0.2) is 45.7 Å². The molecule has 21 heavy (non-hydrogen) atoms. The molecular formula is C14H8BrFN2O3. The first kappa shape index (κ1) is 13.6. The number of carbonyl (C=O) groups is 1. The minimum absolute atomic E-state index is 0.0332. The lowest BCUT2D eigenvalue weighted by atomic mass is 10.2. The Morgan fingerprint density at radius 1 is 1.29 bits per heavy atom. The highest BCUT2D eigenvalue weighted by Gasteiger charge is 2.17. The number of imidazole rings is 1. The maximum atomic E-state index is 13.7. The summed E-state index contributed by atoms with van der Waals surface area (Å²) in [5.74, 6) is -1.70. The predicted octanol–water partition coefficient (Wildman–Crippen LogP) is 2.92. The van der Waals surface area contributed by atoms with Gasteiger partial charge in [0.25, 0.3) is 0 Å². The van der Waals surface area contributed by atoms with Crippen LogP contribution < -0.4 is 5.69 Å².